The van der Waals surface area contributed by atoms with E-state index in [4.69, 9.17) is 23.2 Å². The molecule has 2 heterocycles. The number of ketones is 1. The number of hydrogen-bond acceptors (Lipinski definition) is 4. The van der Waals surface area contributed by atoms with Crippen molar-refractivity contribution in [1.29, 1.82) is 0 Å². The minimum Gasteiger partial charge on any atom is -0.355 e. The summed E-state index contributed by atoms with van der Waals surface area (Å²) in [5, 5.41) is 3.16. The minimum absolute atomic E-state index is 0.0279. The van der Waals surface area contributed by atoms with Gasteiger partial charge in [-0.1, -0.05) is 23.2 Å². The third-order valence-corrected chi connectivity index (χ3v) is 4.58. The number of carbonyl (C=O) groups excluding carboxylic acids is 2. The predicted molar refractivity (Wildman–Crippen MR) is 94.2 cm³/mol. The van der Waals surface area contributed by atoms with Crippen molar-refractivity contribution in [3.05, 3.63) is 67.7 Å². The molecule has 0 spiro atoms. The standard InChI is InChI=1S/C17H9Cl2N3O3/c1-20-16(24)7-2-3-12-9(4-7)14(23)15-21-11-6-8(18)5-10(19)13(11)17(25)22(12)15/h2-6H,1H3,(H,20,24). The molecule has 0 radical (unpaired) electrons. The van der Waals surface area contributed by atoms with Crippen molar-refractivity contribution < 1.29 is 9.59 Å². The van der Waals surface area contributed by atoms with Gasteiger partial charge in [0.15, 0.2) is 5.82 Å². The van der Waals surface area contributed by atoms with Gasteiger partial charge in [-0.15, -0.1) is 0 Å². The van der Waals surface area contributed by atoms with Crippen LogP contribution in [0.25, 0.3) is 16.6 Å². The van der Waals surface area contributed by atoms with Gasteiger partial charge in [0, 0.05) is 17.6 Å². The monoisotopic (exact) mass is 373 g/mol. The highest BCUT2D eigenvalue weighted by Crippen LogP contribution is 2.30. The van der Waals surface area contributed by atoms with Gasteiger partial charge >= 0.3 is 0 Å². The van der Waals surface area contributed by atoms with Crippen LogP contribution in [0.5, 0.6) is 0 Å². The Morgan fingerprint density at radius 3 is 2.64 bits per heavy atom. The normalized spacial score (nSPS) is 12.2. The summed E-state index contributed by atoms with van der Waals surface area (Å²) >= 11 is 12.1. The van der Waals surface area contributed by atoms with Crippen LogP contribution in [0.15, 0.2) is 35.1 Å². The molecule has 0 bridgehead atoms. The molecule has 4 rings (SSSR count). The van der Waals surface area contributed by atoms with E-state index in [2.05, 4.69) is 10.3 Å². The molecule has 0 fully saturated rings. The van der Waals surface area contributed by atoms with Crippen LogP contribution in [0, 0.1) is 0 Å². The van der Waals surface area contributed by atoms with Gasteiger partial charge in [0.1, 0.15) is 0 Å². The average molecular weight is 374 g/mol. The first-order valence-corrected chi connectivity index (χ1v) is 8.01. The topological polar surface area (TPSA) is 81.1 Å². The van der Waals surface area contributed by atoms with Crippen molar-refractivity contribution in [3.8, 4) is 5.69 Å². The number of carbonyl (C=O) groups is 2. The van der Waals surface area contributed by atoms with Gasteiger partial charge < -0.3 is 5.32 Å². The average Bonchev–Trinajstić information content (AvgIpc) is 2.86. The second kappa shape index (κ2) is 5.40. The number of rotatable bonds is 1. The second-order valence-electron chi connectivity index (χ2n) is 5.50. The number of nitrogens with one attached hydrogen (secondary N) is 1. The van der Waals surface area contributed by atoms with Crippen molar-refractivity contribution >= 4 is 45.8 Å². The maximum Gasteiger partial charge on any atom is 0.267 e. The zero-order chi connectivity index (χ0) is 17.9. The first-order chi connectivity index (χ1) is 11.9. The van der Waals surface area contributed by atoms with Gasteiger partial charge in [0.2, 0.25) is 5.78 Å². The van der Waals surface area contributed by atoms with Crippen LogP contribution in [0.2, 0.25) is 10.0 Å². The molecule has 1 aromatic heterocycles. The maximum atomic E-state index is 12.9. The molecule has 0 saturated heterocycles. The summed E-state index contributed by atoms with van der Waals surface area (Å²) in [5.74, 6) is -0.789. The maximum absolute atomic E-state index is 12.9. The SMILES string of the molecule is CNC(=O)c1ccc2c(c1)C(=O)c1nc3cc(Cl)cc(Cl)c3c(=O)n1-2. The number of nitrogens with zero attached hydrogens (tertiary/aromatic N) is 2. The van der Waals surface area contributed by atoms with E-state index in [9.17, 15) is 14.4 Å². The van der Waals surface area contributed by atoms with Gasteiger partial charge in [-0.05, 0) is 30.3 Å². The fraction of sp³-hybridized carbons (Fsp3) is 0.0588. The molecule has 124 valence electrons. The number of hydrogen-bond donors (Lipinski definition) is 1. The molecule has 0 saturated carbocycles. The van der Waals surface area contributed by atoms with E-state index in [0.29, 0.717) is 16.3 Å². The molecule has 1 aliphatic rings. The zero-order valence-electron chi connectivity index (χ0n) is 12.8. The van der Waals surface area contributed by atoms with Gasteiger partial charge in [-0.3, -0.25) is 19.0 Å². The van der Waals surface area contributed by atoms with Gasteiger partial charge in [0.05, 0.1) is 27.2 Å². The number of aromatic nitrogens is 2. The summed E-state index contributed by atoms with van der Waals surface area (Å²) in [7, 11) is 1.50. The molecule has 3 aromatic rings. The molecule has 1 N–H and O–H groups in total. The van der Waals surface area contributed by atoms with Crippen molar-refractivity contribution in [3.63, 3.8) is 0 Å². The van der Waals surface area contributed by atoms with E-state index in [1.807, 2.05) is 0 Å². The first-order valence-electron chi connectivity index (χ1n) is 7.25. The van der Waals surface area contributed by atoms with Gasteiger partial charge in [-0.25, -0.2) is 4.98 Å². The van der Waals surface area contributed by atoms with Crippen LogP contribution in [0.1, 0.15) is 26.5 Å². The first kappa shape index (κ1) is 15.8. The summed E-state index contributed by atoms with van der Waals surface area (Å²) in [4.78, 5) is 41.7. The Kier molecular flexibility index (Phi) is 3.42. The fourth-order valence-electron chi connectivity index (χ4n) is 2.93. The quantitative estimate of drug-likeness (QED) is 0.555. The smallest absolute Gasteiger partial charge is 0.267 e. The van der Waals surface area contributed by atoms with Gasteiger partial charge in [-0.2, -0.15) is 0 Å². The van der Waals surface area contributed by atoms with E-state index in [-0.39, 0.29) is 33.2 Å². The van der Waals surface area contributed by atoms with Gasteiger partial charge in [0.25, 0.3) is 11.5 Å². The highest BCUT2D eigenvalue weighted by Gasteiger charge is 2.31. The molecular formula is C17H9Cl2N3O3. The number of benzene rings is 2. The summed E-state index contributed by atoms with van der Waals surface area (Å²) in [6.07, 6.45) is 0. The molecular weight excluding hydrogens is 365 g/mol. The Morgan fingerprint density at radius 2 is 1.92 bits per heavy atom. The number of fused-ring (bicyclic) bond motifs is 4. The lowest BCUT2D eigenvalue weighted by Gasteiger charge is -2.07. The van der Waals surface area contributed by atoms with Crippen LogP contribution < -0.4 is 10.9 Å². The molecule has 6 nitrogen and oxygen atoms in total. The van der Waals surface area contributed by atoms with E-state index in [1.54, 1.807) is 12.1 Å². The third kappa shape index (κ3) is 2.18. The van der Waals surface area contributed by atoms with Crippen LogP contribution >= 0.6 is 23.2 Å². The molecule has 1 amide bonds. The number of amides is 1. The Hall–Kier alpha value is -2.70. The van der Waals surface area contributed by atoms with Crippen LogP contribution in [-0.4, -0.2) is 28.3 Å². The minimum atomic E-state index is -0.457. The predicted octanol–water partition coefficient (Wildman–Crippen LogP) is 2.60. The molecule has 0 unspecified atom stereocenters. The third-order valence-electron chi connectivity index (χ3n) is 4.06. The highest BCUT2D eigenvalue weighted by atomic mass is 35.5. The molecule has 0 aliphatic carbocycles. The van der Waals surface area contributed by atoms with Crippen molar-refractivity contribution in [2.24, 2.45) is 0 Å². The van der Waals surface area contributed by atoms with Crippen molar-refractivity contribution in [1.82, 2.24) is 14.9 Å². The summed E-state index contributed by atoms with van der Waals surface area (Å²) < 4.78 is 1.22. The molecule has 25 heavy (non-hydrogen) atoms. The van der Waals surface area contributed by atoms with Crippen LogP contribution in [0.3, 0.4) is 0 Å². The van der Waals surface area contributed by atoms with Crippen LogP contribution in [0.4, 0.5) is 0 Å². The van der Waals surface area contributed by atoms with E-state index >= 15 is 0 Å². The highest BCUT2D eigenvalue weighted by molar-refractivity contribution is 6.38. The Morgan fingerprint density at radius 1 is 1.16 bits per heavy atom. The lowest BCUT2D eigenvalue weighted by Crippen LogP contribution is -2.22. The molecule has 8 heteroatoms. The zero-order valence-corrected chi connectivity index (χ0v) is 14.3. The Balaban J connectivity index is 2.06. The summed E-state index contributed by atoms with van der Waals surface area (Å²) in [6, 6.07) is 7.47. The second-order valence-corrected chi connectivity index (χ2v) is 6.34. The van der Waals surface area contributed by atoms with E-state index in [0.717, 1.165) is 0 Å². The molecule has 0 atom stereocenters. The number of halogens is 2. The molecule has 1 aliphatic heterocycles. The van der Waals surface area contributed by atoms with Crippen molar-refractivity contribution in [2.75, 3.05) is 7.05 Å². The fourth-order valence-corrected chi connectivity index (χ4v) is 3.49. The lowest BCUT2D eigenvalue weighted by atomic mass is 10.1. The molecule has 2 aromatic carbocycles. The van der Waals surface area contributed by atoms with E-state index < -0.39 is 11.3 Å². The Labute approximate surface area is 151 Å². The summed E-state index contributed by atoms with van der Waals surface area (Å²) in [5.41, 5.74) is 0.727. The summed E-state index contributed by atoms with van der Waals surface area (Å²) in [6.45, 7) is 0. The van der Waals surface area contributed by atoms with Crippen LogP contribution in [-0.2, 0) is 0 Å². The van der Waals surface area contributed by atoms with Crippen molar-refractivity contribution in [2.45, 2.75) is 0 Å². The Bertz CT molecular complexity index is 1170. The lowest BCUT2D eigenvalue weighted by molar-refractivity contribution is 0.0963. The van der Waals surface area contributed by atoms with E-state index in [1.165, 1.54) is 29.8 Å². The largest absolute Gasteiger partial charge is 0.355 e.